The monoisotopic (exact) mass is 622 g/mol. The standard InChI is InChI=1S/C38H43ClN4O2/c39-33-17-16-30-24-32(15-14-31(30)25-33)37(44)40-26-34-18-23-43(38(45)36(41-34)19-22-42-20-8-3-9-21-42)27-35(28-10-4-1-5-11-28)29-12-6-2-7-13-29/h1-2,4-7,10-17,24-25,34-36,41H,3,8-9,18-23,26-27H2,(H,40,44)/t34-,36-/m0/s1. The molecule has 6 nitrogen and oxygen atoms in total. The smallest absolute Gasteiger partial charge is 0.251 e. The van der Waals surface area contributed by atoms with Gasteiger partial charge in [-0.25, -0.2) is 0 Å². The van der Waals surface area contributed by atoms with Crippen LogP contribution < -0.4 is 10.6 Å². The molecule has 0 unspecified atom stereocenters. The number of likely N-dealkylation sites (tertiary alicyclic amines) is 1. The number of nitrogens with one attached hydrogen (secondary N) is 2. The number of carbonyl (C=O) groups excluding carboxylic acids is 2. The zero-order valence-corrected chi connectivity index (χ0v) is 26.6. The van der Waals surface area contributed by atoms with Gasteiger partial charge in [-0.05, 0) is 84.9 Å². The summed E-state index contributed by atoms with van der Waals surface area (Å²) in [5.74, 6) is 0.128. The number of benzene rings is 4. The number of piperidine rings is 1. The SMILES string of the molecule is O=C(NC[C@@H]1CCN(CC(c2ccccc2)c2ccccc2)C(=O)[C@H](CCN2CCCCC2)N1)c1ccc2cc(Cl)ccc2c1. The summed E-state index contributed by atoms with van der Waals surface area (Å²) >= 11 is 6.14. The van der Waals surface area contributed by atoms with Gasteiger partial charge in [0, 0.05) is 48.7 Å². The van der Waals surface area contributed by atoms with E-state index in [9.17, 15) is 9.59 Å². The fraction of sp³-hybridized carbons (Fsp3) is 0.368. The Bertz CT molecular complexity index is 1540. The molecule has 2 saturated heterocycles. The summed E-state index contributed by atoms with van der Waals surface area (Å²) < 4.78 is 0. The van der Waals surface area contributed by atoms with E-state index >= 15 is 0 Å². The summed E-state index contributed by atoms with van der Waals surface area (Å²) in [5.41, 5.74) is 3.03. The Hall–Kier alpha value is -3.71. The van der Waals surface area contributed by atoms with Crippen LogP contribution >= 0.6 is 11.6 Å². The van der Waals surface area contributed by atoms with Crippen LogP contribution in [0.5, 0.6) is 0 Å². The van der Waals surface area contributed by atoms with E-state index in [0.717, 1.165) is 43.2 Å². The predicted octanol–water partition coefficient (Wildman–Crippen LogP) is 6.49. The van der Waals surface area contributed by atoms with E-state index in [2.05, 4.69) is 69.0 Å². The van der Waals surface area contributed by atoms with Crippen LogP contribution in [-0.4, -0.2) is 73.0 Å². The summed E-state index contributed by atoms with van der Waals surface area (Å²) in [5, 5.41) is 9.49. The van der Waals surface area contributed by atoms with Gasteiger partial charge in [0.05, 0.1) is 6.04 Å². The van der Waals surface area contributed by atoms with Crippen molar-refractivity contribution in [1.29, 1.82) is 0 Å². The van der Waals surface area contributed by atoms with Crippen molar-refractivity contribution >= 4 is 34.2 Å². The van der Waals surface area contributed by atoms with Crippen LogP contribution in [0.25, 0.3) is 10.8 Å². The number of amides is 2. The number of carbonyl (C=O) groups is 2. The van der Waals surface area contributed by atoms with E-state index in [1.807, 2.05) is 48.5 Å². The molecule has 2 fully saturated rings. The zero-order chi connectivity index (χ0) is 31.0. The lowest BCUT2D eigenvalue weighted by Crippen LogP contribution is -2.50. The molecule has 2 aliphatic rings. The summed E-state index contributed by atoms with van der Waals surface area (Å²) in [7, 11) is 0. The minimum Gasteiger partial charge on any atom is -0.350 e. The van der Waals surface area contributed by atoms with Gasteiger partial charge in [0.25, 0.3) is 5.91 Å². The highest BCUT2D eigenvalue weighted by atomic mass is 35.5. The quantitative estimate of drug-likeness (QED) is 0.212. The van der Waals surface area contributed by atoms with Gasteiger partial charge in [0.1, 0.15) is 0 Å². The Labute approximate surface area is 271 Å². The first-order chi connectivity index (χ1) is 22.0. The summed E-state index contributed by atoms with van der Waals surface area (Å²) in [4.78, 5) is 32.0. The van der Waals surface area contributed by atoms with Gasteiger partial charge < -0.3 is 20.4 Å². The molecule has 0 spiro atoms. The molecule has 234 valence electrons. The van der Waals surface area contributed by atoms with Crippen molar-refractivity contribution in [2.45, 2.75) is 50.1 Å². The Morgan fingerprint density at radius 1 is 0.844 bits per heavy atom. The average Bonchev–Trinajstić information content (AvgIpc) is 3.23. The number of hydrogen-bond acceptors (Lipinski definition) is 4. The lowest BCUT2D eigenvalue weighted by atomic mass is 9.90. The van der Waals surface area contributed by atoms with Crippen molar-refractivity contribution in [2.24, 2.45) is 0 Å². The van der Waals surface area contributed by atoms with Gasteiger partial charge >= 0.3 is 0 Å². The van der Waals surface area contributed by atoms with Crippen LogP contribution in [0, 0.1) is 0 Å². The van der Waals surface area contributed by atoms with Gasteiger partial charge in [-0.2, -0.15) is 0 Å². The van der Waals surface area contributed by atoms with Crippen molar-refractivity contribution in [3.63, 3.8) is 0 Å². The Morgan fingerprint density at radius 2 is 1.51 bits per heavy atom. The predicted molar refractivity (Wildman–Crippen MR) is 183 cm³/mol. The van der Waals surface area contributed by atoms with Crippen LogP contribution in [0.1, 0.15) is 59.5 Å². The van der Waals surface area contributed by atoms with Crippen molar-refractivity contribution in [3.8, 4) is 0 Å². The van der Waals surface area contributed by atoms with E-state index in [1.165, 1.54) is 30.4 Å². The fourth-order valence-electron chi connectivity index (χ4n) is 6.80. The molecule has 2 amide bonds. The highest BCUT2D eigenvalue weighted by molar-refractivity contribution is 6.31. The van der Waals surface area contributed by atoms with Crippen molar-refractivity contribution in [2.75, 3.05) is 39.3 Å². The summed E-state index contributed by atoms with van der Waals surface area (Å²) in [6.07, 6.45) is 5.26. The highest BCUT2D eigenvalue weighted by Gasteiger charge is 2.33. The average molecular weight is 623 g/mol. The Morgan fingerprint density at radius 3 is 2.22 bits per heavy atom. The number of hydrogen-bond donors (Lipinski definition) is 2. The van der Waals surface area contributed by atoms with E-state index < -0.39 is 0 Å². The number of nitrogens with zero attached hydrogens (tertiary/aromatic N) is 2. The van der Waals surface area contributed by atoms with E-state index in [1.54, 1.807) is 0 Å². The van der Waals surface area contributed by atoms with Crippen LogP contribution in [0.15, 0.2) is 97.1 Å². The van der Waals surface area contributed by atoms with Crippen molar-refractivity contribution < 1.29 is 9.59 Å². The molecule has 0 aromatic heterocycles. The first-order valence-electron chi connectivity index (χ1n) is 16.4. The second-order valence-corrected chi connectivity index (χ2v) is 12.9. The van der Waals surface area contributed by atoms with Gasteiger partial charge in [0.15, 0.2) is 0 Å². The second kappa shape index (κ2) is 15.0. The Balaban J connectivity index is 1.17. The molecule has 0 aliphatic carbocycles. The largest absolute Gasteiger partial charge is 0.350 e. The molecule has 4 aromatic carbocycles. The lowest BCUT2D eigenvalue weighted by molar-refractivity contribution is -0.133. The molecular weight excluding hydrogens is 580 g/mol. The van der Waals surface area contributed by atoms with Crippen LogP contribution in [0.2, 0.25) is 5.02 Å². The molecule has 2 atom stereocenters. The lowest BCUT2D eigenvalue weighted by Gasteiger charge is -2.31. The fourth-order valence-corrected chi connectivity index (χ4v) is 6.98. The second-order valence-electron chi connectivity index (χ2n) is 12.5. The van der Waals surface area contributed by atoms with E-state index in [4.69, 9.17) is 11.6 Å². The third-order valence-corrected chi connectivity index (χ3v) is 9.59. The van der Waals surface area contributed by atoms with Crippen LogP contribution in [0.3, 0.4) is 0 Å². The first kappa shape index (κ1) is 31.3. The summed E-state index contributed by atoms with van der Waals surface area (Å²) in [6, 6.07) is 32.0. The maximum atomic E-state index is 14.2. The molecule has 2 N–H and O–H groups in total. The van der Waals surface area contributed by atoms with Crippen LogP contribution in [-0.2, 0) is 4.79 Å². The molecule has 2 heterocycles. The van der Waals surface area contributed by atoms with Gasteiger partial charge in [-0.15, -0.1) is 0 Å². The van der Waals surface area contributed by atoms with Crippen LogP contribution in [0.4, 0.5) is 0 Å². The van der Waals surface area contributed by atoms with Gasteiger partial charge in [-0.3, -0.25) is 9.59 Å². The van der Waals surface area contributed by atoms with Crippen molar-refractivity contribution in [1.82, 2.24) is 20.4 Å². The number of fused-ring (bicyclic) bond motifs is 1. The van der Waals surface area contributed by atoms with Crippen molar-refractivity contribution in [3.05, 3.63) is 119 Å². The maximum Gasteiger partial charge on any atom is 0.251 e. The molecule has 0 saturated carbocycles. The molecule has 2 aliphatic heterocycles. The molecule has 0 radical (unpaired) electrons. The topological polar surface area (TPSA) is 64.7 Å². The minimum atomic E-state index is -0.297. The number of halogens is 1. The molecule has 0 bridgehead atoms. The minimum absolute atomic E-state index is 0.0135. The van der Waals surface area contributed by atoms with Gasteiger partial charge in [-0.1, -0.05) is 90.8 Å². The number of rotatable bonds is 10. The maximum absolute atomic E-state index is 14.2. The third-order valence-electron chi connectivity index (χ3n) is 9.36. The molecule has 45 heavy (non-hydrogen) atoms. The Kier molecular flexibility index (Phi) is 10.5. The zero-order valence-electron chi connectivity index (χ0n) is 25.8. The van der Waals surface area contributed by atoms with E-state index in [-0.39, 0.29) is 29.8 Å². The third kappa shape index (κ3) is 8.12. The molecule has 7 heteroatoms. The summed E-state index contributed by atoms with van der Waals surface area (Å²) in [6.45, 7) is 4.82. The normalized spacial score (nSPS) is 19.5. The molecular formula is C38H43ClN4O2. The molecule has 4 aromatic rings. The van der Waals surface area contributed by atoms with Gasteiger partial charge in [0.2, 0.25) is 5.91 Å². The first-order valence-corrected chi connectivity index (χ1v) is 16.8. The highest BCUT2D eigenvalue weighted by Crippen LogP contribution is 2.27. The van der Waals surface area contributed by atoms with E-state index in [0.29, 0.717) is 30.2 Å². The molecule has 6 rings (SSSR count).